The van der Waals surface area contributed by atoms with Crippen LogP contribution in [0.4, 0.5) is 11.4 Å². The number of aromatic hydroxyl groups is 2. The highest BCUT2D eigenvalue weighted by Crippen LogP contribution is 2.68. The van der Waals surface area contributed by atoms with E-state index in [1.54, 1.807) is 12.1 Å². The molecule has 3 aliphatic heterocycles. The normalized spacial score (nSPS) is 21.6. The van der Waals surface area contributed by atoms with Gasteiger partial charge in [-0.3, -0.25) is 14.4 Å². The second kappa shape index (κ2) is 10.1. The van der Waals surface area contributed by atoms with Crippen LogP contribution in [0.1, 0.15) is 68.5 Å². The van der Waals surface area contributed by atoms with Crippen LogP contribution in [0.5, 0.6) is 23.0 Å². The topological polar surface area (TPSA) is 187 Å². The predicted molar refractivity (Wildman–Crippen MR) is 190 cm³/mol. The van der Waals surface area contributed by atoms with E-state index >= 15 is 0 Å². The van der Waals surface area contributed by atoms with Crippen LogP contribution >= 0.6 is 0 Å². The summed E-state index contributed by atoms with van der Waals surface area (Å²) >= 11 is 0. The summed E-state index contributed by atoms with van der Waals surface area (Å²) in [5.74, 6) is -0.550. The van der Waals surface area contributed by atoms with Gasteiger partial charge in [-0.1, -0.05) is 0 Å². The summed E-state index contributed by atoms with van der Waals surface area (Å²) in [6.07, 6.45) is 4.29. The molecule has 14 heteroatoms. The first-order valence-electron chi connectivity index (χ1n) is 17.4. The Bertz CT molecular complexity index is 2520. The van der Waals surface area contributed by atoms with Gasteiger partial charge in [0, 0.05) is 60.7 Å². The number of hydrogen-bond acceptors (Lipinski definition) is 9. The fourth-order valence-corrected chi connectivity index (χ4v) is 9.82. The number of ketones is 1. The van der Waals surface area contributed by atoms with Crippen LogP contribution in [-0.4, -0.2) is 86.6 Å². The molecule has 52 heavy (non-hydrogen) atoms. The second-order valence-corrected chi connectivity index (χ2v) is 14.5. The van der Waals surface area contributed by atoms with E-state index in [-0.39, 0.29) is 58.3 Å². The Labute approximate surface area is 296 Å². The van der Waals surface area contributed by atoms with Crippen LogP contribution < -0.4 is 19.3 Å². The molecule has 1 saturated heterocycles. The number of aliphatic hydroxyl groups is 1. The number of methoxy groups -OCH3 is 2. The third-order valence-electron chi connectivity index (χ3n) is 12.1. The van der Waals surface area contributed by atoms with Crippen LogP contribution in [0.25, 0.3) is 21.8 Å². The Balaban J connectivity index is 1.03. The number of ether oxygens (including phenoxy) is 2. The molecule has 5 aromatic rings. The average Bonchev–Trinajstić information content (AvgIpc) is 3.85. The quantitative estimate of drug-likeness (QED) is 0.156. The molecule has 2 fully saturated rings. The number of phenols is 2. The number of likely N-dealkylation sites (tertiary alicyclic amines) is 1. The van der Waals surface area contributed by atoms with Gasteiger partial charge in [0.1, 0.15) is 5.69 Å². The van der Waals surface area contributed by atoms with Crippen molar-refractivity contribution in [1.82, 2.24) is 19.9 Å². The van der Waals surface area contributed by atoms with E-state index in [1.165, 1.54) is 30.9 Å². The third kappa shape index (κ3) is 3.64. The lowest BCUT2D eigenvalue weighted by molar-refractivity contribution is -0.116. The number of aromatic amines is 3. The van der Waals surface area contributed by atoms with Gasteiger partial charge in [0.05, 0.1) is 48.0 Å². The van der Waals surface area contributed by atoms with Crippen LogP contribution in [0.15, 0.2) is 30.1 Å². The van der Waals surface area contributed by atoms with Gasteiger partial charge >= 0.3 is 0 Å². The summed E-state index contributed by atoms with van der Waals surface area (Å²) in [7, 11) is 2.85. The summed E-state index contributed by atoms with van der Waals surface area (Å²) in [6, 6.07) is 3.54. The predicted octanol–water partition coefficient (Wildman–Crippen LogP) is 4.17. The summed E-state index contributed by atoms with van der Waals surface area (Å²) in [5.41, 5.74) is 7.04. The van der Waals surface area contributed by atoms with Gasteiger partial charge in [-0.05, 0) is 66.5 Å². The van der Waals surface area contributed by atoms with Gasteiger partial charge in [0.2, 0.25) is 11.7 Å². The number of carbonyl (C=O) groups is 3. The fourth-order valence-electron chi connectivity index (χ4n) is 9.82. The molecule has 1 spiro atoms. The first-order valence-corrected chi connectivity index (χ1v) is 17.4. The van der Waals surface area contributed by atoms with Gasteiger partial charge in [-0.15, -0.1) is 0 Å². The molecule has 3 unspecified atom stereocenters. The van der Waals surface area contributed by atoms with E-state index in [0.717, 1.165) is 34.4 Å². The SMILES string of the molecule is COc1c(O)c2c(c3cc(C(=O)N4CCc5c4c(O)c(OC)c4[nH]c(C(O)N6CC7CC78C6=CC(=O)c6[nH]cc(C)c68)cc54)[nH]c13)CCN2C(C)=O. The standard InChI is InChI=1S/C38H36N6O8/c1-15-13-39-29-24(46)11-25-38(26(15)29)12-17(38)14-44(25)37(50)23-10-21-19-6-8-43(31(19)33(48)35(52-4)28(21)41-23)36(49)22-9-20-18-5-7-42(16(2)45)30(18)32(47)34(51-3)27(20)40-22/h9-11,13,17,37,39-41,47-48,50H,5-8,12,14H2,1-4H3. The lowest BCUT2D eigenvalue weighted by Crippen LogP contribution is -2.32. The minimum Gasteiger partial charge on any atom is -0.503 e. The third-order valence-corrected chi connectivity index (χ3v) is 12.1. The van der Waals surface area contributed by atoms with Gasteiger partial charge in [0.15, 0.2) is 29.2 Å². The van der Waals surface area contributed by atoms with Gasteiger partial charge in [0.25, 0.3) is 5.91 Å². The number of carbonyl (C=O) groups excluding carboxylic acids is 3. The lowest BCUT2D eigenvalue weighted by atomic mass is 9.83. The molecule has 2 amide bonds. The van der Waals surface area contributed by atoms with Crippen molar-refractivity contribution in [3.8, 4) is 23.0 Å². The summed E-state index contributed by atoms with van der Waals surface area (Å²) in [4.78, 5) is 54.3. The smallest absolute Gasteiger partial charge is 0.274 e. The number of rotatable bonds is 5. The number of aromatic nitrogens is 3. The maximum Gasteiger partial charge on any atom is 0.274 e. The van der Waals surface area contributed by atoms with Crippen LogP contribution in [-0.2, 0) is 23.1 Å². The largest absolute Gasteiger partial charge is 0.503 e. The maximum atomic E-state index is 14.3. The van der Waals surface area contributed by atoms with Crippen LogP contribution in [0.2, 0.25) is 0 Å². The van der Waals surface area contributed by atoms with Crippen molar-refractivity contribution in [2.24, 2.45) is 5.92 Å². The fraction of sp³-hybridized carbons (Fsp3) is 0.342. The molecule has 3 atom stereocenters. The number of allylic oxidation sites excluding steroid dienone is 2. The number of amides is 2. The first kappa shape index (κ1) is 30.9. The van der Waals surface area contributed by atoms with Crippen molar-refractivity contribution < 1.29 is 39.2 Å². The van der Waals surface area contributed by atoms with Crippen LogP contribution in [0, 0.1) is 12.8 Å². The van der Waals surface area contributed by atoms with Crippen molar-refractivity contribution in [3.05, 3.63) is 69.4 Å². The molecule has 3 aromatic heterocycles. The zero-order valence-corrected chi connectivity index (χ0v) is 28.9. The van der Waals surface area contributed by atoms with Gasteiger partial charge < -0.3 is 54.4 Å². The molecule has 14 nitrogen and oxygen atoms in total. The van der Waals surface area contributed by atoms with Crippen molar-refractivity contribution >= 4 is 50.8 Å². The number of hydrogen-bond donors (Lipinski definition) is 6. The Morgan fingerprint density at radius 2 is 1.60 bits per heavy atom. The zero-order chi connectivity index (χ0) is 36.1. The number of phenolic OH excluding ortho intramolecular Hbond substituents is 2. The molecule has 0 radical (unpaired) electrons. The number of nitrogens with one attached hydrogen (secondary N) is 3. The van der Waals surface area contributed by atoms with Crippen LogP contribution in [0.3, 0.4) is 0 Å². The highest BCUT2D eigenvalue weighted by atomic mass is 16.5. The molecule has 1 saturated carbocycles. The second-order valence-electron chi connectivity index (χ2n) is 14.5. The van der Waals surface area contributed by atoms with Crippen molar-refractivity contribution in [1.29, 1.82) is 0 Å². The zero-order valence-electron chi connectivity index (χ0n) is 28.9. The maximum absolute atomic E-state index is 14.3. The molecule has 0 bridgehead atoms. The van der Waals surface area contributed by atoms with E-state index in [2.05, 4.69) is 15.0 Å². The molecule has 10 rings (SSSR count). The van der Waals surface area contributed by atoms with Crippen molar-refractivity contribution in [2.45, 2.75) is 44.8 Å². The number of anilines is 2. The van der Waals surface area contributed by atoms with E-state index in [0.29, 0.717) is 70.5 Å². The number of piperidine rings is 1. The Kier molecular flexibility index (Phi) is 6.01. The number of fused-ring (bicyclic) bond motifs is 7. The van der Waals surface area contributed by atoms with E-state index in [9.17, 15) is 29.7 Å². The van der Waals surface area contributed by atoms with E-state index < -0.39 is 12.1 Å². The number of aryl methyl sites for hydroxylation is 1. The summed E-state index contributed by atoms with van der Waals surface area (Å²) in [5, 5.41) is 36.0. The molecule has 2 aromatic carbocycles. The molecule has 6 heterocycles. The minimum absolute atomic E-state index is 0.105. The monoisotopic (exact) mass is 704 g/mol. The Hall–Kier alpha value is -5.89. The summed E-state index contributed by atoms with van der Waals surface area (Å²) < 4.78 is 11.3. The van der Waals surface area contributed by atoms with Crippen molar-refractivity contribution in [2.75, 3.05) is 43.7 Å². The van der Waals surface area contributed by atoms with E-state index in [4.69, 9.17) is 9.47 Å². The molecular weight excluding hydrogens is 668 g/mol. The van der Waals surface area contributed by atoms with Gasteiger partial charge in [-0.2, -0.15) is 0 Å². The number of aliphatic hydroxyl groups excluding tert-OH is 1. The van der Waals surface area contributed by atoms with Crippen molar-refractivity contribution in [3.63, 3.8) is 0 Å². The number of H-pyrrole nitrogens is 3. The minimum atomic E-state index is -1.10. The van der Waals surface area contributed by atoms with Gasteiger partial charge in [-0.25, -0.2) is 0 Å². The molecule has 2 aliphatic carbocycles. The molecule has 266 valence electrons. The Morgan fingerprint density at radius 1 is 0.962 bits per heavy atom. The average molecular weight is 705 g/mol. The molecule has 5 aliphatic rings. The Morgan fingerprint density at radius 3 is 2.27 bits per heavy atom. The highest BCUT2D eigenvalue weighted by molar-refractivity contribution is 6.14. The van der Waals surface area contributed by atoms with E-state index in [1.807, 2.05) is 24.1 Å². The number of benzene rings is 2. The molecular formula is C38H36N6O8. The highest BCUT2D eigenvalue weighted by Gasteiger charge is 2.68. The summed E-state index contributed by atoms with van der Waals surface area (Å²) in [6.45, 7) is 4.70. The first-order chi connectivity index (χ1) is 25.0. The number of nitrogens with zero attached hydrogens (tertiary/aromatic N) is 3. The lowest BCUT2D eigenvalue weighted by Gasteiger charge is -2.32. The molecule has 6 N–H and O–H groups in total.